The maximum Gasteiger partial charge on any atom is 0.225 e. The number of unbranched alkanes of at least 4 members (excludes halogenated alkanes) is 11. The van der Waals surface area contributed by atoms with Gasteiger partial charge in [0.2, 0.25) is 11.4 Å². The van der Waals surface area contributed by atoms with Crippen molar-refractivity contribution < 1.29 is 31.1 Å². The van der Waals surface area contributed by atoms with Crippen LogP contribution in [0.25, 0.3) is 0 Å². The van der Waals surface area contributed by atoms with Gasteiger partial charge in [0.25, 0.3) is 0 Å². The van der Waals surface area contributed by atoms with Crippen molar-refractivity contribution in [3.63, 3.8) is 0 Å². The molecule has 0 bridgehead atoms. The van der Waals surface area contributed by atoms with Gasteiger partial charge in [-0.15, -0.1) is 0 Å². The number of hydrogen-bond donors (Lipinski definition) is 0. The second-order valence-corrected chi connectivity index (χ2v) is 12.7. The molecule has 2 aromatic carbocycles. The average Bonchev–Trinajstić information content (AvgIpc) is 3.37. The molecular formula is C35H50BrClN2O2S. The number of carbonyl (C=O) groups is 1. The van der Waals surface area contributed by atoms with Crippen LogP contribution in [0, 0.1) is 6.92 Å². The van der Waals surface area contributed by atoms with E-state index < -0.39 is 0 Å². The molecule has 3 rings (SSSR count). The van der Waals surface area contributed by atoms with Gasteiger partial charge < -0.3 is 26.6 Å². The van der Waals surface area contributed by atoms with Crippen LogP contribution in [0.3, 0.4) is 0 Å². The molecule has 4 nitrogen and oxygen atoms in total. The zero-order valence-corrected chi connectivity index (χ0v) is 29.0. The number of carbonyl (C=O) groups excluding carboxylic acids is 1. The molecule has 1 heterocycles. The molecular weight excluding hydrogens is 628 g/mol. The van der Waals surface area contributed by atoms with Crippen LogP contribution in [0.2, 0.25) is 5.02 Å². The van der Waals surface area contributed by atoms with Gasteiger partial charge in [-0.2, -0.15) is 4.57 Å². The lowest BCUT2D eigenvalue weighted by molar-refractivity contribution is -0.683. The highest BCUT2D eigenvalue weighted by Crippen LogP contribution is 2.27. The first-order valence-electron chi connectivity index (χ1n) is 15.7. The van der Waals surface area contributed by atoms with Crippen molar-refractivity contribution in [2.24, 2.45) is 0 Å². The number of amides is 1. The number of halogens is 2. The molecule has 0 radical (unpaired) electrons. The quantitative estimate of drug-likeness (QED) is 0.0983. The topological polar surface area (TPSA) is 33.4 Å². The number of rotatable bonds is 20. The molecule has 0 unspecified atom stereocenters. The molecule has 1 aromatic heterocycles. The van der Waals surface area contributed by atoms with Gasteiger partial charge in [0, 0.05) is 24.7 Å². The van der Waals surface area contributed by atoms with Crippen molar-refractivity contribution in [3.05, 3.63) is 75.2 Å². The molecule has 0 aliphatic carbocycles. The molecule has 0 spiro atoms. The Morgan fingerprint density at radius 2 is 1.57 bits per heavy atom. The lowest BCUT2D eigenvalue weighted by Crippen LogP contribution is -3.00. The maximum atomic E-state index is 12.6. The molecule has 0 atom stereocenters. The van der Waals surface area contributed by atoms with Crippen LogP contribution < -0.4 is 31.2 Å². The molecule has 0 saturated heterocycles. The largest absolute Gasteiger partial charge is 1.00 e. The number of aryl methyl sites for hydroxylation is 1. The summed E-state index contributed by atoms with van der Waals surface area (Å²) in [5.74, 6) is 0.783. The molecule has 42 heavy (non-hydrogen) atoms. The fraction of sp³-hybridized carbons (Fsp3) is 0.543. The van der Waals surface area contributed by atoms with E-state index in [1.165, 1.54) is 81.1 Å². The predicted octanol–water partition coefficient (Wildman–Crippen LogP) is 6.73. The Bertz CT molecular complexity index is 1190. The van der Waals surface area contributed by atoms with Crippen molar-refractivity contribution in [2.45, 2.75) is 111 Å². The highest BCUT2D eigenvalue weighted by molar-refractivity contribution is 7.09. The smallest absolute Gasteiger partial charge is 0.225 e. The van der Waals surface area contributed by atoms with E-state index in [-0.39, 0.29) is 22.9 Å². The fourth-order valence-corrected chi connectivity index (χ4v) is 6.02. The molecule has 0 aliphatic rings. The summed E-state index contributed by atoms with van der Waals surface area (Å²) in [5, 5.41) is 0.643. The summed E-state index contributed by atoms with van der Waals surface area (Å²) < 4.78 is 8.25. The number of anilines is 1. The molecule has 0 N–H and O–H groups in total. The first-order valence-corrected chi connectivity index (χ1v) is 16.9. The van der Waals surface area contributed by atoms with Crippen molar-refractivity contribution in [3.8, 4) is 5.75 Å². The van der Waals surface area contributed by atoms with Gasteiger partial charge in [-0.25, -0.2) is 0 Å². The van der Waals surface area contributed by atoms with Crippen LogP contribution in [0.15, 0.2) is 54.2 Å². The Morgan fingerprint density at radius 1 is 0.905 bits per heavy atom. The van der Waals surface area contributed by atoms with Crippen molar-refractivity contribution >= 4 is 34.5 Å². The molecule has 0 aliphatic heterocycles. The second kappa shape index (κ2) is 20.9. The summed E-state index contributed by atoms with van der Waals surface area (Å²) in [6, 6.07) is 14.3. The van der Waals surface area contributed by atoms with E-state index in [1.807, 2.05) is 35.2 Å². The Labute approximate surface area is 274 Å². The van der Waals surface area contributed by atoms with E-state index >= 15 is 0 Å². The van der Waals surface area contributed by atoms with Crippen molar-refractivity contribution in [2.75, 3.05) is 18.1 Å². The summed E-state index contributed by atoms with van der Waals surface area (Å²) in [6.07, 6.45) is 18.8. The highest BCUT2D eigenvalue weighted by atomic mass is 79.9. The minimum atomic E-state index is 0. The average molecular weight is 678 g/mol. The second-order valence-electron chi connectivity index (χ2n) is 11.2. The molecule has 232 valence electrons. The molecule has 0 saturated carbocycles. The lowest BCUT2D eigenvalue weighted by Gasteiger charge is -2.22. The number of ether oxygens (including phenoxy) is 1. The third kappa shape index (κ3) is 13.6. The number of aromatic nitrogens is 1. The van der Waals surface area contributed by atoms with Crippen LogP contribution in [0.1, 0.15) is 107 Å². The van der Waals surface area contributed by atoms with Crippen LogP contribution in [0.4, 0.5) is 5.69 Å². The van der Waals surface area contributed by atoms with Gasteiger partial charge >= 0.3 is 0 Å². The molecule has 0 fully saturated rings. The van der Waals surface area contributed by atoms with E-state index in [4.69, 9.17) is 16.3 Å². The van der Waals surface area contributed by atoms with Crippen LogP contribution in [-0.2, 0) is 17.8 Å². The van der Waals surface area contributed by atoms with E-state index in [1.54, 1.807) is 18.3 Å². The minimum Gasteiger partial charge on any atom is -1.00 e. The number of nitrogens with zero attached hydrogens (tertiary/aromatic N) is 2. The van der Waals surface area contributed by atoms with Crippen LogP contribution >= 0.6 is 22.9 Å². The highest BCUT2D eigenvalue weighted by Gasteiger charge is 2.14. The van der Waals surface area contributed by atoms with Gasteiger partial charge in [-0.1, -0.05) is 119 Å². The monoisotopic (exact) mass is 676 g/mol. The maximum absolute atomic E-state index is 12.6. The predicted molar refractivity (Wildman–Crippen MR) is 175 cm³/mol. The van der Waals surface area contributed by atoms with Gasteiger partial charge in [-0.05, 0) is 49.6 Å². The minimum absolute atomic E-state index is 0. The van der Waals surface area contributed by atoms with Gasteiger partial charge in [0.1, 0.15) is 5.75 Å². The van der Waals surface area contributed by atoms with E-state index in [9.17, 15) is 4.79 Å². The number of thiazole rings is 1. The normalized spacial score (nSPS) is 10.9. The summed E-state index contributed by atoms with van der Waals surface area (Å²) >= 11 is 8.19. The first kappa shape index (κ1) is 36.3. The zero-order chi connectivity index (χ0) is 29.3. The summed E-state index contributed by atoms with van der Waals surface area (Å²) in [6.45, 7) is 8.10. The van der Waals surface area contributed by atoms with Crippen molar-refractivity contribution in [1.29, 1.82) is 0 Å². The first-order chi connectivity index (χ1) is 20.0. The Hall–Kier alpha value is -1.89. The summed E-state index contributed by atoms with van der Waals surface area (Å²) in [7, 11) is 0. The van der Waals surface area contributed by atoms with Gasteiger partial charge in [0.15, 0.2) is 12.7 Å². The lowest BCUT2D eigenvalue weighted by atomic mass is 10.1. The van der Waals surface area contributed by atoms with Crippen LogP contribution in [0.5, 0.6) is 5.75 Å². The standard InChI is InChI=1S/C35H50ClN2O2S.BrH/c1-4-5-6-7-8-9-10-11-12-13-14-15-23-40-35-25-31(19-20-34(35)36)21-22-38(30(3)39)33-18-16-17-32(24-33)27-37-26-29(2)41-28-37;/h16-20,24-26,28H,4-15,21-23,27H2,1-3H3;1H/q+1;/p-1. The van der Waals surface area contributed by atoms with Gasteiger partial charge in [-0.3, -0.25) is 4.79 Å². The van der Waals surface area contributed by atoms with Gasteiger partial charge in [0.05, 0.1) is 16.5 Å². The summed E-state index contributed by atoms with van der Waals surface area (Å²) in [5.41, 5.74) is 5.35. The summed E-state index contributed by atoms with van der Waals surface area (Å²) in [4.78, 5) is 15.7. The van der Waals surface area contributed by atoms with E-state index in [2.05, 4.69) is 42.3 Å². The Kier molecular flexibility index (Phi) is 18.1. The zero-order valence-electron chi connectivity index (χ0n) is 25.9. The van der Waals surface area contributed by atoms with Crippen molar-refractivity contribution in [1.82, 2.24) is 0 Å². The molecule has 3 aromatic rings. The third-order valence-electron chi connectivity index (χ3n) is 7.56. The van der Waals surface area contributed by atoms with Crippen LogP contribution in [-0.4, -0.2) is 19.1 Å². The van der Waals surface area contributed by atoms with E-state index in [0.29, 0.717) is 18.2 Å². The molecule has 1 amide bonds. The Balaban J connectivity index is 0.00000616. The third-order valence-corrected chi connectivity index (χ3v) is 8.73. The van der Waals surface area contributed by atoms with E-state index in [0.717, 1.165) is 36.4 Å². The fourth-order valence-electron chi connectivity index (χ4n) is 5.21. The SMILES string of the molecule is CCCCCCCCCCCCCCOc1cc(CCN(C(C)=O)c2cccc(C[n+]3csc(C)c3)c2)ccc1Cl.[Br-]. The number of benzene rings is 2. The Morgan fingerprint density at radius 3 is 2.19 bits per heavy atom. The molecule has 7 heteroatoms. The number of hydrogen-bond acceptors (Lipinski definition) is 3.